The molecule has 1 aliphatic heterocycles. The van der Waals surface area contributed by atoms with Crippen molar-refractivity contribution < 1.29 is 4.79 Å². The van der Waals surface area contributed by atoms with Crippen molar-refractivity contribution in [2.24, 2.45) is 5.73 Å². The molecular weight excluding hydrogens is 310 g/mol. The van der Waals surface area contributed by atoms with Gasteiger partial charge in [-0.1, -0.05) is 54.6 Å². The maximum Gasteiger partial charge on any atom is 0.236 e. The Hall–Kier alpha value is -2.17. The van der Waals surface area contributed by atoms with Gasteiger partial charge in [-0.05, 0) is 23.6 Å². The Morgan fingerprint density at radius 3 is 2.52 bits per heavy atom. The highest BCUT2D eigenvalue weighted by atomic mass is 16.2. The van der Waals surface area contributed by atoms with Crippen LogP contribution in [0.4, 0.5) is 0 Å². The molecule has 2 atom stereocenters. The van der Waals surface area contributed by atoms with Crippen LogP contribution in [0.3, 0.4) is 0 Å². The van der Waals surface area contributed by atoms with Gasteiger partial charge in [-0.15, -0.1) is 0 Å². The van der Waals surface area contributed by atoms with E-state index >= 15 is 0 Å². The van der Waals surface area contributed by atoms with Gasteiger partial charge < -0.3 is 10.6 Å². The molecule has 1 aliphatic rings. The third kappa shape index (κ3) is 4.27. The smallest absolute Gasteiger partial charge is 0.236 e. The number of likely N-dealkylation sites (tertiary alicyclic amines) is 1. The quantitative estimate of drug-likeness (QED) is 0.911. The summed E-state index contributed by atoms with van der Waals surface area (Å²) >= 11 is 0. The zero-order chi connectivity index (χ0) is 17.8. The van der Waals surface area contributed by atoms with Gasteiger partial charge in [0.05, 0.1) is 6.54 Å². The fourth-order valence-electron chi connectivity index (χ4n) is 3.54. The molecule has 0 aromatic heterocycles. The minimum atomic E-state index is 0.0804. The first kappa shape index (κ1) is 17.6. The Kier molecular flexibility index (Phi) is 5.51. The van der Waals surface area contributed by atoms with Crippen LogP contribution in [0.15, 0.2) is 54.6 Å². The first-order valence-corrected chi connectivity index (χ1v) is 8.86. The lowest BCUT2D eigenvalue weighted by Crippen LogP contribution is -2.38. The molecule has 0 bridgehead atoms. The van der Waals surface area contributed by atoms with Crippen LogP contribution < -0.4 is 5.73 Å². The van der Waals surface area contributed by atoms with Gasteiger partial charge in [0, 0.05) is 38.6 Å². The molecule has 2 aromatic carbocycles. The van der Waals surface area contributed by atoms with Crippen molar-refractivity contribution in [3.05, 3.63) is 71.3 Å². The van der Waals surface area contributed by atoms with Gasteiger partial charge in [-0.25, -0.2) is 0 Å². The highest BCUT2D eigenvalue weighted by Gasteiger charge is 2.32. The summed E-state index contributed by atoms with van der Waals surface area (Å²) in [5.41, 5.74) is 10.0. The fourth-order valence-corrected chi connectivity index (χ4v) is 3.54. The molecule has 132 valence electrons. The van der Waals surface area contributed by atoms with Crippen LogP contribution in [0.1, 0.15) is 22.6 Å². The number of likely N-dealkylation sites (N-methyl/N-ethyl adjacent to an activating group) is 1. The van der Waals surface area contributed by atoms with Crippen molar-refractivity contribution in [1.29, 1.82) is 0 Å². The van der Waals surface area contributed by atoms with E-state index in [9.17, 15) is 4.79 Å². The van der Waals surface area contributed by atoms with Crippen molar-refractivity contribution in [2.75, 3.05) is 26.7 Å². The maximum atomic E-state index is 12.6. The lowest BCUT2D eigenvalue weighted by Gasteiger charge is -2.22. The largest absolute Gasteiger partial charge is 0.340 e. The summed E-state index contributed by atoms with van der Waals surface area (Å²) in [5, 5.41) is 0. The lowest BCUT2D eigenvalue weighted by atomic mass is 9.95. The number of hydrogen-bond acceptors (Lipinski definition) is 3. The average Bonchev–Trinajstić information content (AvgIpc) is 2.98. The van der Waals surface area contributed by atoms with E-state index in [0.29, 0.717) is 19.0 Å². The van der Waals surface area contributed by atoms with Crippen LogP contribution in [0.25, 0.3) is 0 Å². The second kappa shape index (κ2) is 7.81. The molecule has 0 saturated carbocycles. The van der Waals surface area contributed by atoms with Gasteiger partial charge in [0.2, 0.25) is 5.91 Å². The number of nitrogens with two attached hydrogens (primary N) is 1. The van der Waals surface area contributed by atoms with Crippen molar-refractivity contribution >= 4 is 5.91 Å². The SMILES string of the molecule is Cc1ccccc1CN(C)C(=O)CN1C[C@@H](N)[C@H](c2ccccc2)C1. The van der Waals surface area contributed by atoms with Crippen LogP contribution in [-0.4, -0.2) is 48.4 Å². The molecule has 0 unspecified atom stereocenters. The topological polar surface area (TPSA) is 49.6 Å². The van der Waals surface area contributed by atoms with Gasteiger partial charge in [0.15, 0.2) is 0 Å². The molecule has 4 heteroatoms. The summed E-state index contributed by atoms with van der Waals surface area (Å²) in [6, 6.07) is 18.6. The van der Waals surface area contributed by atoms with E-state index in [1.807, 2.05) is 42.3 Å². The number of hydrogen-bond donors (Lipinski definition) is 1. The van der Waals surface area contributed by atoms with Crippen LogP contribution in [0.2, 0.25) is 0 Å². The normalized spacial score (nSPS) is 20.6. The number of nitrogens with zero attached hydrogens (tertiary/aromatic N) is 2. The second-order valence-corrected chi connectivity index (χ2v) is 7.05. The molecular formula is C21H27N3O. The first-order valence-electron chi connectivity index (χ1n) is 8.86. The lowest BCUT2D eigenvalue weighted by molar-refractivity contribution is -0.131. The van der Waals surface area contributed by atoms with E-state index in [-0.39, 0.29) is 11.9 Å². The minimum Gasteiger partial charge on any atom is -0.340 e. The first-order chi connectivity index (χ1) is 12.0. The van der Waals surface area contributed by atoms with E-state index in [1.54, 1.807) is 0 Å². The molecule has 0 aliphatic carbocycles. The highest BCUT2D eigenvalue weighted by Crippen LogP contribution is 2.26. The molecule has 0 radical (unpaired) electrons. The summed E-state index contributed by atoms with van der Waals surface area (Å²) in [4.78, 5) is 16.6. The van der Waals surface area contributed by atoms with Crippen molar-refractivity contribution in [3.63, 3.8) is 0 Å². The molecule has 1 saturated heterocycles. The third-order valence-corrected chi connectivity index (χ3v) is 5.12. The number of benzene rings is 2. The van der Waals surface area contributed by atoms with Gasteiger partial charge >= 0.3 is 0 Å². The number of aryl methyl sites for hydroxylation is 1. The molecule has 1 fully saturated rings. The second-order valence-electron chi connectivity index (χ2n) is 7.05. The van der Waals surface area contributed by atoms with Crippen molar-refractivity contribution in [2.45, 2.75) is 25.4 Å². The Labute approximate surface area is 150 Å². The van der Waals surface area contributed by atoms with E-state index in [1.165, 1.54) is 16.7 Å². The van der Waals surface area contributed by atoms with E-state index in [2.05, 4.69) is 36.1 Å². The Balaban J connectivity index is 1.57. The van der Waals surface area contributed by atoms with Gasteiger partial charge in [-0.2, -0.15) is 0 Å². The van der Waals surface area contributed by atoms with E-state index < -0.39 is 0 Å². The Morgan fingerprint density at radius 2 is 1.80 bits per heavy atom. The Morgan fingerprint density at radius 1 is 1.12 bits per heavy atom. The molecule has 1 heterocycles. The fraction of sp³-hybridized carbons (Fsp3) is 0.381. The summed E-state index contributed by atoms with van der Waals surface area (Å²) in [5.74, 6) is 0.444. The predicted molar refractivity (Wildman–Crippen MR) is 101 cm³/mol. The number of carbonyl (C=O) groups is 1. The Bertz CT molecular complexity index is 716. The number of rotatable bonds is 5. The van der Waals surface area contributed by atoms with Crippen LogP contribution in [0, 0.1) is 6.92 Å². The van der Waals surface area contributed by atoms with Gasteiger partial charge in [-0.3, -0.25) is 9.69 Å². The zero-order valence-electron chi connectivity index (χ0n) is 15.1. The summed E-state index contributed by atoms with van der Waals surface area (Å²) in [7, 11) is 1.87. The molecule has 0 spiro atoms. The van der Waals surface area contributed by atoms with Crippen LogP contribution in [-0.2, 0) is 11.3 Å². The van der Waals surface area contributed by atoms with Crippen molar-refractivity contribution in [1.82, 2.24) is 9.80 Å². The molecule has 25 heavy (non-hydrogen) atoms. The molecule has 2 N–H and O–H groups in total. The summed E-state index contributed by atoms with van der Waals surface area (Å²) < 4.78 is 0. The molecule has 3 rings (SSSR count). The van der Waals surface area contributed by atoms with Crippen molar-refractivity contribution in [3.8, 4) is 0 Å². The molecule has 4 nitrogen and oxygen atoms in total. The third-order valence-electron chi connectivity index (χ3n) is 5.12. The molecule has 1 amide bonds. The summed E-state index contributed by atoms with van der Waals surface area (Å²) in [6.45, 7) is 4.77. The summed E-state index contributed by atoms with van der Waals surface area (Å²) in [6.07, 6.45) is 0. The monoisotopic (exact) mass is 337 g/mol. The standard InChI is InChI=1S/C21H27N3O/c1-16-8-6-7-11-18(16)12-23(2)21(25)15-24-13-19(20(22)14-24)17-9-4-3-5-10-17/h3-11,19-20H,12-15,22H2,1-2H3/t19-,20+/m0/s1. The van der Waals surface area contributed by atoms with Gasteiger partial charge in [0.1, 0.15) is 0 Å². The van der Waals surface area contributed by atoms with E-state index in [0.717, 1.165) is 13.1 Å². The number of amides is 1. The van der Waals surface area contributed by atoms with Crippen LogP contribution >= 0.6 is 0 Å². The van der Waals surface area contributed by atoms with E-state index in [4.69, 9.17) is 5.73 Å². The zero-order valence-corrected chi connectivity index (χ0v) is 15.1. The minimum absolute atomic E-state index is 0.0804. The van der Waals surface area contributed by atoms with Crippen LogP contribution in [0.5, 0.6) is 0 Å². The van der Waals surface area contributed by atoms with Gasteiger partial charge in [0.25, 0.3) is 0 Å². The maximum absolute atomic E-state index is 12.6. The predicted octanol–water partition coefficient (Wildman–Crippen LogP) is 2.38. The highest BCUT2D eigenvalue weighted by molar-refractivity contribution is 5.78. The molecule has 2 aromatic rings. The average molecular weight is 337 g/mol. The number of carbonyl (C=O) groups excluding carboxylic acids is 1.